The molecule has 2 N–H and O–H groups in total. The summed E-state index contributed by atoms with van der Waals surface area (Å²) in [7, 11) is 0. The lowest BCUT2D eigenvalue weighted by Gasteiger charge is -2.06. The summed E-state index contributed by atoms with van der Waals surface area (Å²) in [6.07, 6.45) is 1.43. The Morgan fingerprint density at radius 3 is 2.18 bits per heavy atom. The summed E-state index contributed by atoms with van der Waals surface area (Å²) in [6, 6.07) is 23.6. The van der Waals surface area contributed by atoms with Crippen LogP contribution >= 0.6 is 0 Å². The zero-order valence-electron chi connectivity index (χ0n) is 14.9. The molecule has 0 aliphatic rings. The maximum atomic E-state index is 11.8. The number of hydrazone groups is 1. The normalized spacial score (nSPS) is 10.6. The maximum absolute atomic E-state index is 11.8. The van der Waals surface area contributed by atoms with Crippen LogP contribution in [0.25, 0.3) is 11.1 Å². The van der Waals surface area contributed by atoms with Crippen LogP contribution in [0.1, 0.15) is 15.9 Å². The predicted molar refractivity (Wildman–Crippen MR) is 107 cm³/mol. The van der Waals surface area contributed by atoms with Gasteiger partial charge in [-0.25, -0.2) is 10.2 Å². The number of hydrogen-bond acceptors (Lipinski definition) is 4. The van der Waals surface area contributed by atoms with Crippen molar-refractivity contribution >= 4 is 18.1 Å². The van der Waals surface area contributed by atoms with Crippen molar-refractivity contribution < 1.29 is 19.4 Å². The molecule has 0 heterocycles. The van der Waals surface area contributed by atoms with Gasteiger partial charge in [-0.15, -0.1) is 0 Å². The van der Waals surface area contributed by atoms with Crippen LogP contribution in [0.4, 0.5) is 0 Å². The van der Waals surface area contributed by atoms with E-state index in [1.54, 1.807) is 12.1 Å². The topological polar surface area (TPSA) is 88.0 Å². The summed E-state index contributed by atoms with van der Waals surface area (Å²) in [4.78, 5) is 22.6. The number of hydrogen-bond donors (Lipinski definition) is 2. The zero-order chi connectivity index (χ0) is 19.8. The smallest absolute Gasteiger partial charge is 0.335 e. The van der Waals surface area contributed by atoms with Gasteiger partial charge in [0.2, 0.25) is 0 Å². The molecule has 0 aliphatic heterocycles. The third-order valence-electron chi connectivity index (χ3n) is 3.89. The minimum Gasteiger partial charge on any atom is -0.484 e. The number of nitrogens with zero attached hydrogens (tertiary/aromatic N) is 1. The maximum Gasteiger partial charge on any atom is 0.335 e. The first-order valence-corrected chi connectivity index (χ1v) is 8.55. The van der Waals surface area contributed by atoms with Gasteiger partial charge in [0, 0.05) is 0 Å². The molecule has 140 valence electrons. The highest BCUT2D eigenvalue weighted by atomic mass is 16.5. The van der Waals surface area contributed by atoms with Gasteiger partial charge in [-0.1, -0.05) is 54.6 Å². The van der Waals surface area contributed by atoms with E-state index in [-0.39, 0.29) is 12.2 Å². The zero-order valence-corrected chi connectivity index (χ0v) is 14.9. The van der Waals surface area contributed by atoms with Crippen LogP contribution in [-0.4, -0.2) is 29.8 Å². The van der Waals surface area contributed by atoms with Crippen LogP contribution in [0.3, 0.4) is 0 Å². The number of ether oxygens (including phenoxy) is 1. The van der Waals surface area contributed by atoms with Crippen molar-refractivity contribution in [3.8, 4) is 16.9 Å². The molecule has 0 bridgehead atoms. The fraction of sp³-hybridized carbons (Fsp3) is 0.0455. The lowest BCUT2D eigenvalue weighted by Crippen LogP contribution is -2.24. The second-order valence-electron chi connectivity index (χ2n) is 5.90. The second kappa shape index (κ2) is 9.14. The molecule has 0 saturated heterocycles. The highest BCUT2D eigenvalue weighted by molar-refractivity contribution is 5.89. The van der Waals surface area contributed by atoms with Gasteiger partial charge in [0.15, 0.2) is 6.61 Å². The van der Waals surface area contributed by atoms with E-state index in [9.17, 15) is 9.59 Å². The predicted octanol–water partition coefficient (Wildman–Crippen LogP) is 3.58. The standard InChI is InChI=1S/C22H18N2O4/c25-21(24-23-14-16-6-8-19(9-7-16)22(26)27)15-28-20-12-10-18(11-13-20)17-4-2-1-3-5-17/h1-14H,15H2,(H,24,25)(H,26,27)/b23-14+. The van der Waals surface area contributed by atoms with Gasteiger partial charge in [-0.2, -0.15) is 5.10 Å². The molecular weight excluding hydrogens is 356 g/mol. The molecule has 0 aromatic heterocycles. The quantitative estimate of drug-likeness (QED) is 0.489. The van der Waals surface area contributed by atoms with Gasteiger partial charge in [0.05, 0.1) is 11.8 Å². The van der Waals surface area contributed by atoms with E-state index >= 15 is 0 Å². The number of carbonyl (C=O) groups is 2. The highest BCUT2D eigenvalue weighted by Gasteiger charge is 2.03. The summed E-state index contributed by atoms with van der Waals surface area (Å²) in [5.74, 6) is -0.806. The molecule has 0 saturated carbocycles. The summed E-state index contributed by atoms with van der Waals surface area (Å²) in [5.41, 5.74) is 5.40. The summed E-state index contributed by atoms with van der Waals surface area (Å²) >= 11 is 0. The Kier molecular flexibility index (Phi) is 6.15. The Bertz CT molecular complexity index is 966. The van der Waals surface area contributed by atoms with Crippen molar-refractivity contribution in [3.63, 3.8) is 0 Å². The number of nitrogens with one attached hydrogen (secondary N) is 1. The molecular formula is C22H18N2O4. The molecule has 0 radical (unpaired) electrons. The molecule has 3 rings (SSSR count). The second-order valence-corrected chi connectivity index (χ2v) is 5.90. The molecule has 6 nitrogen and oxygen atoms in total. The monoisotopic (exact) mass is 374 g/mol. The van der Waals surface area contributed by atoms with Crippen molar-refractivity contribution in [2.24, 2.45) is 5.10 Å². The molecule has 0 unspecified atom stereocenters. The summed E-state index contributed by atoms with van der Waals surface area (Å²) in [5, 5.41) is 12.7. The van der Waals surface area contributed by atoms with Crippen LogP contribution in [0, 0.1) is 0 Å². The average molecular weight is 374 g/mol. The number of amides is 1. The van der Waals surface area contributed by atoms with E-state index in [1.165, 1.54) is 18.3 Å². The molecule has 1 amide bonds. The number of carboxylic acids is 1. The number of benzene rings is 3. The van der Waals surface area contributed by atoms with E-state index in [0.717, 1.165) is 11.1 Å². The van der Waals surface area contributed by atoms with Gasteiger partial charge >= 0.3 is 5.97 Å². The van der Waals surface area contributed by atoms with Gasteiger partial charge in [-0.3, -0.25) is 4.79 Å². The third kappa shape index (κ3) is 5.28. The van der Waals surface area contributed by atoms with E-state index in [4.69, 9.17) is 9.84 Å². The molecule has 0 spiro atoms. The molecule has 0 aliphatic carbocycles. The van der Waals surface area contributed by atoms with Crippen molar-refractivity contribution in [2.45, 2.75) is 0 Å². The number of carbonyl (C=O) groups excluding carboxylic acids is 1. The van der Waals surface area contributed by atoms with E-state index in [1.807, 2.05) is 54.6 Å². The van der Waals surface area contributed by atoms with Gasteiger partial charge in [0.1, 0.15) is 5.75 Å². The molecule has 3 aromatic carbocycles. The Balaban J connectivity index is 1.47. The lowest BCUT2D eigenvalue weighted by atomic mass is 10.1. The Hall–Kier alpha value is -3.93. The molecule has 0 fully saturated rings. The average Bonchev–Trinajstić information content (AvgIpc) is 2.73. The Morgan fingerprint density at radius 2 is 1.54 bits per heavy atom. The third-order valence-corrected chi connectivity index (χ3v) is 3.89. The summed E-state index contributed by atoms with van der Waals surface area (Å²) < 4.78 is 5.45. The number of carboxylic acid groups (broad SMARTS) is 1. The van der Waals surface area contributed by atoms with Crippen LogP contribution in [0.5, 0.6) is 5.75 Å². The van der Waals surface area contributed by atoms with E-state index < -0.39 is 11.9 Å². The highest BCUT2D eigenvalue weighted by Crippen LogP contribution is 2.21. The van der Waals surface area contributed by atoms with Gasteiger partial charge in [-0.05, 0) is 41.0 Å². The fourth-order valence-corrected chi connectivity index (χ4v) is 2.45. The van der Waals surface area contributed by atoms with Crippen LogP contribution < -0.4 is 10.2 Å². The largest absolute Gasteiger partial charge is 0.484 e. The number of rotatable bonds is 7. The van der Waals surface area contributed by atoms with E-state index in [2.05, 4.69) is 10.5 Å². The van der Waals surface area contributed by atoms with Crippen molar-refractivity contribution in [2.75, 3.05) is 6.61 Å². The van der Waals surface area contributed by atoms with Gasteiger partial charge in [0.25, 0.3) is 5.91 Å². The summed E-state index contributed by atoms with van der Waals surface area (Å²) in [6.45, 7) is -0.167. The fourth-order valence-electron chi connectivity index (χ4n) is 2.45. The molecule has 6 heteroatoms. The number of aromatic carboxylic acids is 1. The first-order valence-electron chi connectivity index (χ1n) is 8.55. The first-order chi connectivity index (χ1) is 13.6. The van der Waals surface area contributed by atoms with Crippen molar-refractivity contribution in [1.82, 2.24) is 5.43 Å². The first kappa shape index (κ1) is 18.8. The van der Waals surface area contributed by atoms with Crippen molar-refractivity contribution in [1.29, 1.82) is 0 Å². The van der Waals surface area contributed by atoms with Crippen LogP contribution in [0.15, 0.2) is 84.0 Å². The molecule has 28 heavy (non-hydrogen) atoms. The molecule has 3 aromatic rings. The van der Waals surface area contributed by atoms with Crippen LogP contribution in [0.2, 0.25) is 0 Å². The minimum atomic E-state index is -0.995. The Morgan fingerprint density at radius 1 is 0.893 bits per heavy atom. The van der Waals surface area contributed by atoms with Crippen molar-refractivity contribution in [3.05, 3.63) is 90.0 Å². The van der Waals surface area contributed by atoms with Gasteiger partial charge < -0.3 is 9.84 Å². The molecule has 0 atom stereocenters. The lowest BCUT2D eigenvalue weighted by molar-refractivity contribution is -0.123. The minimum absolute atomic E-state index is 0.167. The van der Waals surface area contributed by atoms with E-state index in [0.29, 0.717) is 11.3 Å². The van der Waals surface area contributed by atoms with Crippen LogP contribution in [-0.2, 0) is 4.79 Å². The SMILES string of the molecule is O=C(COc1ccc(-c2ccccc2)cc1)N/N=C/c1ccc(C(=O)O)cc1. The Labute approximate surface area is 162 Å².